The van der Waals surface area contributed by atoms with E-state index < -0.39 is 11.6 Å². The van der Waals surface area contributed by atoms with Crippen LogP contribution in [0.4, 0.5) is 8.78 Å². The lowest BCUT2D eigenvalue weighted by atomic mass is 10.1. The predicted molar refractivity (Wildman–Crippen MR) is 77.6 cm³/mol. The Balaban J connectivity index is 2.07. The minimum absolute atomic E-state index is 0.0261. The molecule has 0 aliphatic rings. The molecule has 0 aliphatic heterocycles. The number of hydrogen-bond acceptors (Lipinski definition) is 5. The number of hydrogen-bond donors (Lipinski definition) is 1. The van der Waals surface area contributed by atoms with Gasteiger partial charge in [0.2, 0.25) is 0 Å². The van der Waals surface area contributed by atoms with Crippen molar-refractivity contribution >= 4 is 17.5 Å². The van der Waals surface area contributed by atoms with E-state index >= 15 is 0 Å². The Labute approximate surface area is 130 Å². The van der Waals surface area contributed by atoms with E-state index in [0.717, 1.165) is 30.3 Å². The zero-order valence-electron chi connectivity index (χ0n) is 11.9. The molecule has 0 bridgehead atoms. The van der Waals surface area contributed by atoms with E-state index in [1.165, 1.54) is 6.07 Å². The maximum Gasteiger partial charge on any atom is 0.191 e. The lowest BCUT2D eigenvalue weighted by Crippen LogP contribution is -2.07. The lowest BCUT2D eigenvalue weighted by molar-refractivity contribution is 0.102. The Kier molecular flexibility index (Phi) is 5.62. The minimum Gasteiger partial charge on any atom is -0.388 e. The van der Waals surface area contributed by atoms with Crippen molar-refractivity contribution in [2.24, 2.45) is 0 Å². The molecule has 0 radical (unpaired) electrons. The van der Waals surface area contributed by atoms with Crippen molar-refractivity contribution in [2.75, 3.05) is 5.75 Å². The van der Waals surface area contributed by atoms with Crippen LogP contribution in [0, 0.1) is 11.6 Å². The van der Waals surface area contributed by atoms with Gasteiger partial charge in [0.1, 0.15) is 6.61 Å². The fourth-order valence-electron chi connectivity index (χ4n) is 1.87. The van der Waals surface area contributed by atoms with E-state index in [9.17, 15) is 18.7 Å². The smallest absolute Gasteiger partial charge is 0.191 e. The highest BCUT2D eigenvalue weighted by Gasteiger charge is 2.15. The van der Waals surface area contributed by atoms with Gasteiger partial charge < -0.3 is 9.67 Å². The molecule has 2 rings (SSSR count). The number of carbonyl (C=O) groups is 1. The van der Waals surface area contributed by atoms with Crippen LogP contribution in [-0.4, -0.2) is 31.4 Å². The summed E-state index contributed by atoms with van der Waals surface area (Å²) in [6, 6.07) is 3.06. The molecule has 8 heteroatoms. The number of halogens is 2. The van der Waals surface area contributed by atoms with Crippen molar-refractivity contribution in [2.45, 2.75) is 31.7 Å². The van der Waals surface area contributed by atoms with Crippen LogP contribution in [0.3, 0.4) is 0 Å². The van der Waals surface area contributed by atoms with Crippen LogP contribution in [0.25, 0.3) is 0 Å². The van der Waals surface area contributed by atoms with Gasteiger partial charge in [-0.15, -0.1) is 10.2 Å². The van der Waals surface area contributed by atoms with Gasteiger partial charge in [-0.25, -0.2) is 8.78 Å². The summed E-state index contributed by atoms with van der Waals surface area (Å²) in [6.45, 7) is 2.37. The molecule has 0 fully saturated rings. The first-order valence-corrected chi connectivity index (χ1v) is 7.69. The number of aliphatic hydroxyl groups is 1. The maximum atomic E-state index is 13.1. The molecule has 118 valence electrons. The second-order valence-corrected chi connectivity index (χ2v) is 5.49. The van der Waals surface area contributed by atoms with Gasteiger partial charge in [-0.3, -0.25) is 4.79 Å². The molecule has 2 aromatic rings. The zero-order valence-corrected chi connectivity index (χ0v) is 12.7. The van der Waals surface area contributed by atoms with Crippen LogP contribution >= 0.6 is 11.8 Å². The standard InChI is InChI=1S/C14H15F2N3O2S/c1-2-5-19-13(7-20)17-18-14(19)22-8-12(21)9-3-4-10(15)11(16)6-9/h3-4,6,20H,2,5,7-8H2,1H3. The summed E-state index contributed by atoms with van der Waals surface area (Å²) in [5, 5.41) is 17.5. The first kappa shape index (κ1) is 16.6. The van der Waals surface area contributed by atoms with Gasteiger partial charge in [-0.1, -0.05) is 18.7 Å². The molecule has 0 amide bonds. The van der Waals surface area contributed by atoms with Gasteiger partial charge in [0.05, 0.1) is 5.75 Å². The number of aromatic nitrogens is 3. The molecule has 0 unspecified atom stereocenters. The average Bonchev–Trinajstić information content (AvgIpc) is 2.90. The number of aliphatic hydroxyl groups excluding tert-OH is 1. The van der Waals surface area contributed by atoms with E-state index in [1.807, 2.05) is 6.92 Å². The SMILES string of the molecule is CCCn1c(CO)nnc1SCC(=O)c1ccc(F)c(F)c1. The van der Waals surface area contributed by atoms with Crippen molar-refractivity contribution in [1.29, 1.82) is 0 Å². The van der Waals surface area contributed by atoms with Gasteiger partial charge in [0, 0.05) is 12.1 Å². The van der Waals surface area contributed by atoms with Crippen LogP contribution in [0.1, 0.15) is 29.5 Å². The number of Topliss-reactive ketones (excluding diaryl/α,β-unsaturated/α-hetero) is 1. The van der Waals surface area contributed by atoms with Gasteiger partial charge in [-0.2, -0.15) is 0 Å². The van der Waals surface area contributed by atoms with Crippen molar-refractivity contribution < 1.29 is 18.7 Å². The molecule has 0 saturated carbocycles. The molecule has 1 N–H and O–H groups in total. The Hall–Kier alpha value is -1.80. The van der Waals surface area contributed by atoms with Crippen LogP contribution in [0.2, 0.25) is 0 Å². The van der Waals surface area contributed by atoms with E-state index in [4.69, 9.17) is 0 Å². The molecular formula is C14H15F2N3O2S. The Morgan fingerprint density at radius 2 is 2.09 bits per heavy atom. The molecule has 1 heterocycles. The molecule has 0 atom stereocenters. The number of thioether (sulfide) groups is 1. The van der Waals surface area contributed by atoms with Crippen LogP contribution in [0.15, 0.2) is 23.4 Å². The van der Waals surface area contributed by atoms with Gasteiger partial charge in [0.15, 0.2) is 28.4 Å². The third-order valence-electron chi connectivity index (χ3n) is 2.96. The predicted octanol–water partition coefficient (Wildman–Crippen LogP) is 2.43. The number of benzene rings is 1. The third-order valence-corrected chi connectivity index (χ3v) is 3.92. The molecule has 5 nitrogen and oxygen atoms in total. The Morgan fingerprint density at radius 3 is 2.73 bits per heavy atom. The molecular weight excluding hydrogens is 312 g/mol. The number of ketones is 1. The van der Waals surface area contributed by atoms with E-state index in [1.54, 1.807) is 4.57 Å². The van der Waals surface area contributed by atoms with Crippen molar-refractivity contribution in [3.8, 4) is 0 Å². The highest BCUT2D eigenvalue weighted by atomic mass is 32.2. The highest BCUT2D eigenvalue weighted by Crippen LogP contribution is 2.20. The van der Waals surface area contributed by atoms with E-state index in [0.29, 0.717) is 17.5 Å². The number of nitrogens with zero attached hydrogens (tertiary/aromatic N) is 3. The van der Waals surface area contributed by atoms with Crippen LogP contribution in [-0.2, 0) is 13.2 Å². The summed E-state index contributed by atoms with van der Waals surface area (Å²) in [5.74, 6) is -1.91. The second-order valence-electron chi connectivity index (χ2n) is 4.55. The first-order chi connectivity index (χ1) is 10.6. The minimum atomic E-state index is -1.05. The highest BCUT2D eigenvalue weighted by molar-refractivity contribution is 7.99. The molecule has 1 aromatic carbocycles. The quantitative estimate of drug-likeness (QED) is 0.625. The Morgan fingerprint density at radius 1 is 1.32 bits per heavy atom. The molecule has 0 spiro atoms. The van der Waals surface area contributed by atoms with E-state index in [2.05, 4.69) is 10.2 Å². The normalized spacial score (nSPS) is 10.9. The lowest BCUT2D eigenvalue weighted by Gasteiger charge is -2.07. The van der Waals surface area contributed by atoms with Gasteiger partial charge in [0.25, 0.3) is 0 Å². The largest absolute Gasteiger partial charge is 0.388 e. The number of rotatable bonds is 7. The summed E-state index contributed by atoms with van der Waals surface area (Å²) < 4.78 is 27.7. The Bertz CT molecular complexity index is 676. The molecule has 0 saturated heterocycles. The van der Waals surface area contributed by atoms with Crippen molar-refractivity contribution in [3.05, 3.63) is 41.2 Å². The summed E-state index contributed by atoms with van der Waals surface area (Å²) in [4.78, 5) is 12.0. The summed E-state index contributed by atoms with van der Waals surface area (Å²) in [7, 11) is 0. The van der Waals surface area contributed by atoms with E-state index in [-0.39, 0.29) is 23.7 Å². The topological polar surface area (TPSA) is 68.0 Å². The van der Waals surface area contributed by atoms with Crippen LogP contribution in [0.5, 0.6) is 0 Å². The maximum absolute atomic E-state index is 13.1. The average molecular weight is 327 g/mol. The number of carbonyl (C=O) groups excluding carboxylic acids is 1. The molecule has 1 aromatic heterocycles. The molecule has 0 aliphatic carbocycles. The van der Waals surface area contributed by atoms with Gasteiger partial charge >= 0.3 is 0 Å². The second kappa shape index (κ2) is 7.46. The third kappa shape index (κ3) is 3.69. The summed E-state index contributed by atoms with van der Waals surface area (Å²) in [5.41, 5.74) is 0.107. The van der Waals surface area contributed by atoms with Crippen molar-refractivity contribution in [1.82, 2.24) is 14.8 Å². The summed E-state index contributed by atoms with van der Waals surface area (Å²) in [6.07, 6.45) is 0.829. The fourth-order valence-corrected chi connectivity index (χ4v) is 2.75. The zero-order chi connectivity index (χ0) is 16.1. The van der Waals surface area contributed by atoms with Gasteiger partial charge in [-0.05, 0) is 24.6 Å². The van der Waals surface area contributed by atoms with Crippen LogP contribution < -0.4 is 0 Å². The summed E-state index contributed by atoms with van der Waals surface area (Å²) >= 11 is 1.15. The monoisotopic (exact) mass is 327 g/mol. The first-order valence-electron chi connectivity index (χ1n) is 6.70. The van der Waals surface area contributed by atoms with Crippen molar-refractivity contribution in [3.63, 3.8) is 0 Å². The fraction of sp³-hybridized carbons (Fsp3) is 0.357. The molecule has 22 heavy (non-hydrogen) atoms.